The highest BCUT2D eigenvalue weighted by molar-refractivity contribution is 5.84. The molecular formula is C13H28N2O. The van der Waals surface area contributed by atoms with E-state index >= 15 is 0 Å². The molecule has 0 bridgehead atoms. The zero-order valence-corrected chi connectivity index (χ0v) is 11.5. The molecule has 0 aliphatic carbocycles. The lowest BCUT2D eigenvalue weighted by atomic mass is 9.96. The molecular weight excluding hydrogens is 200 g/mol. The third-order valence-corrected chi connectivity index (χ3v) is 2.29. The zero-order chi connectivity index (χ0) is 13.0. The predicted octanol–water partition coefficient (Wildman–Crippen LogP) is 1.99. The zero-order valence-electron chi connectivity index (χ0n) is 11.5. The Bertz CT molecular complexity index is 181. The van der Waals surface area contributed by atoms with Crippen molar-refractivity contribution in [1.29, 1.82) is 0 Å². The fraction of sp³-hybridized carbons (Fsp3) is 0.769. The molecule has 0 aromatic heterocycles. The van der Waals surface area contributed by atoms with Gasteiger partial charge in [-0.3, -0.25) is 4.79 Å². The third-order valence-electron chi connectivity index (χ3n) is 2.29. The van der Waals surface area contributed by atoms with Crippen molar-refractivity contribution in [2.24, 2.45) is 5.92 Å². The maximum absolute atomic E-state index is 11.5. The lowest BCUT2D eigenvalue weighted by molar-refractivity contribution is -0.121. The Morgan fingerprint density at radius 3 is 2.44 bits per heavy atom. The number of carbonyl (C=O) groups is 1. The molecule has 1 heterocycles. The van der Waals surface area contributed by atoms with Crippen molar-refractivity contribution in [3.05, 3.63) is 12.7 Å². The van der Waals surface area contributed by atoms with Gasteiger partial charge in [-0.15, -0.1) is 6.58 Å². The second-order valence-electron chi connectivity index (χ2n) is 3.11. The van der Waals surface area contributed by atoms with E-state index in [1.165, 1.54) is 0 Å². The molecule has 0 aromatic carbocycles. The molecule has 16 heavy (non-hydrogen) atoms. The van der Waals surface area contributed by atoms with Crippen LogP contribution in [0.15, 0.2) is 12.7 Å². The normalized spacial score (nSPS) is 22.3. The van der Waals surface area contributed by atoms with Gasteiger partial charge >= 0.3 is 0 Å². The standard InChI is InChI=1S/C9H16N2O.2C2H6/c1-3-8-7(4-5-11-8)9(12)6-10-2;2*1-2/h3,7-8,10-11H,1,4-6H2,2H3;2*1-2H3. The van der Waals surface area contributed by atoms with E-state index in [0.29, 0.717) is 6.54 Å². The van der Waals surface area contributed by atoms with E-state index in [1.54, 1.807) is 7.05 Å². The van der Waals surface area contributed by atoms with E-state index in [2.05, 4.69) is 17.2 Å². The van der Waals surface area contributed by atoms with Gasteiger partial charge in [-0.2, -0.15) is 0 Å². The monoisotopic (exact) mass is 228 g/mol. The highest BCUT2D eigenvalue weighted by Crippen LogP contribution is 2.16. The first-order valence-electron chi connectivity index (χ1n) is 6.33. The van der Waals surface area contributed by atoms with Crippen LogP contribution in [0.5, 0.6) is 0 Å². The number of hydrogen-bond donors (Lipinski definition) is 2. The number of carbonyl (C=O) groups excluding carboxylic acids is 1. The van der Waals surface area contributed by atoms with Crippen molar-refractivity contribution >= 4 is 5.78 Å². The average Bonchev–Trinajstić information content (AvgIpc) is 2.82. The lowest BCUT2D eigenvalue weighted by Gasteiger charge is -2.13. The molecule has 0 amide bonds. The van der Waals surface area contributed by atoms with Gasteiger partial charge in [-0.1, -0.05) is 33.8 Å². The first kappa shape index (κ1) is 17.7. The summed E-state index contributed by atoms with van der Waals surface area (Å²) in [5, 5.41) is 6.11. The van der Waals surface area contributed by atoms with Crippen molar-refractivity contribution in [2.75, 3.05) is 20.1 Å². The van der Waals surface area contributed by atoms with Gasteiger partial charge < -0.3 is 10.6 Å². The summed E-state index contributed by atoms with van der Waals surface area (Å²) in [6.07, 6.45) is 2.77. The number of Topliss-reactive ketones (excluding diaryl/α,β-unsaturated/α-hetero) is 1. The van der Waals surface area contributed by atoms with Crippen molar-refractivity contribution < 1.29 is 4.79 Å². The van der Waals surface area contributed by atoms with Gasteiger partial charge in [0.05, 0.1) is 6.54 Å². The highest BCUT2D eigenvalue weighted by Gasteiger charge is 2.29. The molecule has 0 spiro atoms. The predicted molar refractivity (Wildman–Crippen MR) is 71.7 cm³/mol. The van der Waals surface area contributed by atoms with Crippen LogP contribution in [0.2, 0.25) is 0 Å². The van der Waals surface area contributed by atoms with Crippen LogP contribution in [0, 0.1) is 5.92 Å². The minimum atomic E-state index is 0.134. The first-order valence-corrected chi connectivity index (χ1v) is 6.33. The molecule has 0 radical (unpaired) electrons. The van der Waals surface area contributed by atoms with Crippen LogP contribution in [0.25, 0.3) is 0 Å². The van der Waals surface area contributed by atoms with Gasteiger partial charge in [0, 0.05) is 12.0 Å². The molecule has 3 heteroatoms. The van der Waals surface area contributed by atoms with E-state index in [1.807, 2.05) is 33.8 Å². The minimum absolute atomic E-state index is 0.134. The SMILES string of the molecule is C=CC1NCCC1C(=O)CNC.CC.CC. The topological polar surface area (TPSA) is 41.1 Å². The summed E-state index contributed by atoms with van der Waals surface area (Å²) in [6, 6.07) is 0.186. The summed E-state index contributed by atoms with van der Waals surface area (Å²) in [6.45, 7) is 13.1. The minimum Gasteiger partial charge on any atom is -0.313 e. The smallest absolute Gasteiger partial charge is 0.151 e. The number of nitrogens with one attached hydrogen (secondary N) is 2. The van der Waals surface area contributed by atoms with Gasteiger partial charge in [0.1, 0.15) is 0 Å². The Labute approximate surface area is 101 Å². The molecule has 0 aromatic rings. The van der Waals surface area contributed by atoms with Crippen LogP contribution < -0.4 is 10.6 Å². The van der Waals surface area contributed by atoms with E-state index < -0.39 is 0 Å². The Morgan fingerprint density at radius 2 is 2.00 bits per heavy atom. The molecule has 2 unspecified atom stereocenters. The Hall–Kier alpha value is -0.670. The van der Waals surface area contributed by atoms with Crippen LogP contribution >= 0.6 is 0 Å². The van der Waals surface area contributed by atoms with E-state index in [-0.39, 0.29) is 17.7 Å². The van der Waals surface area contributed by atoms with Gasteiger partial charge in [0.15, 0.2) is 5.78 Å². The lowest BCUT2D eigenvalue weighted by Crippen LogP contribution is -2.33. The molecule has 2 atom stereocenters. The molecule has 3 nitrogen and oxygen atoms in total. The number of likely N-dealkylation sites (N-methyl/N-ethyl adjacent to an activating group) is 1. The second-order valence-corrected chi connectivity index (χ2v) is 3.11. The first-order chi connectivity index (χ1) is 7.79. The second kappa shape index (κ2) is 12.4. The molecule has 1 fully saturated rings. The maximum Gasteiger partial charge on any atom is 0.151 e. The summed E-state index contributed by atoms with van der Waals surface area (Å²) < 4.78 is 0. The summed E-state index contributed by atoms with van der Waals surface area (Å²) in [5.41, 5.74) is 0. The van der Waals surface area contributed by atoms with Crippen molar-refractivity contribution in [2.45, 2.75) is 40.2 Å². The van der Waals surface area contributed by atoms with Crippen LogP contribution in [0.3, 0.4) is 0 Å². The molecule has 0 saturated carbocycles. The Morgan fingerprint density at radius 1 is 1.44 bits per heavy atom. The summed E-state index contributed by atoms with van der Waals surface area (Å²) in [4.78, 5) is 11.5. The van der Waals surface area contributed by atoms with E-state index in [9.17, 15) is 4.79 Å². The molecule has 1 aliphatic rings. The molecule has 1 aliphatic heterocycles. The largest absolute Gasteiger partial charge is 0.313 e. The number of ketones is 1. The maximum atomic E-state index is 11.5. The van der Waals surface area contributed by atoms with Crippen LogP contribution in [0.4, 0.5) is 0 Å². The van der Waals surface area contributed by atoms with Crippen LogP contribution in [0.1, 0.15) is 34.1 Å². The summed E-state index contributed by atoms with van der Waals surface area (Å²) in [5.74, 6) is 0.419. The van der Waals surface area contributed by atoms with Gasteiger partial charge in [-0.25, -0.2) is 0 Å². The molecule has 1 saturated heterocycles. The fourth-order valence-electron chi connectivity index (χ4n) is 1.64. The Balaban J connectivity index is 0. The molecule has 1 rings (SSSR count). The highest BCUT2D eigenvalue weighted by atomic mass is 16.1. The fourth-order valence-corrected chi connectivity index (χ4v) is 1.64. The summed E-state index contributed by atoms with van der Waals surface area (Å²) >= 11 is 0. The summed E-state index contributed by atoms with van der Waals surface area (Å²) in [7, 11) is 1.79. The Kier molecular flexibility index (Phi) is 13.7. The van der Waals surface area contributed by atoms with Crippen LogP contribution in [-0.4, -0.2) is 32.0 Å². The van der Waals surface area contributed by atoms with Gasteiger partial charge in [0.2, 0.25) is 0 Å². The average molecular weight is 228 g/mol. The van der Waals surface area contributed by atoms with E-state index in [0.717, 1.165) is 13.0 Å². The third kappa shape index (κ3) is 6.03. The molecule has 2 N–H and O–H groups in total. The number of rotatable bonds is 4. The van der Waals surface area contributed by atoms with Crippen LogP contribution in [-0.2, 0) is 4.79 Å². The quantitative estimate of drug-likeness (QED) is 0.723. The van der Waals surface area contributed by atoms with Gasteiger partial charge in [0.25, 0.3) is 0 Å². The van der Waals surface area contributed by atoms with Gasteiger partial charge in [-0.05, 0) is 20.0 Å². The van der Waals surface area contributed by atoms with E-state index in [4.69, 9.17) is 0 Å². The van der Waals surface area contributed by atoms with Crippen molar-refractivity contribution in [1.82, 2.24) is 10.6 Å². The van der Waals surface area contributed by atoms with Crippen molar-refractivity contribution in [3.8, 4) is 0 Å². The van der Waals surface area contributed by atoms with Crippen molar-refractivity contribution in [3.63, 3.8) is 0 Å². The number of hydrogen-bond acceptors (Lipinski definition) is 3. The molecule has 96 valence electrons.